The summed E-state index contributed by atoms with van der Waals surface area (Å²) >= 11 is 0. The van der Waals surface area contributed by atoms with E-state index in [4.69, 9.17) is 4.74 Å². The second-order valence-corrected chi connectivity index (χ2v) is 6.06. The number of amides is 1. The molecule has 0 spiro atoms. The molecule has 1 N–H and O–H groups in total. The predicted octanol–water partition coefficient (Wildman–Crippen LogP) is 0.419. The van der Waals surface area contributed by atoms with Crippen LogP contribution in [0.5, 0.6) is 0 Å². The molecule has 1 aromatic heterocycles. The number of morpholine rings is 1. The van der Waals surface area contributed by atoms with Crippen molar-refractivity contribution in [2.24, 2.45) is 5.92 Å². The first kappa shape index (κ1) is 14.5. The standard InChI is InChI=1S/C15H24N4O2/c1-12-7-17-19(9-12)11-14-10-18(5-6-21-14)15(20)13-3-2-4-16-8-13/h7,9,13-14,16H,2-6,8,10-11H2,1H3. The molecule has 21 heavy (non-hydrogen) atoms. The minimum absolute atomic E-state index is 0.0403. The molecule has 2 aliphatic rings. The molecule has 3 heterocycles. The molecule has 1 aromatic rings. The van der Waals surface area contributed by atoms with E-state index in [-0.39, 0.29) is 17.9 Å². The van der Waals surface area contributed by atoms with Gasteiger partial charge in [0.25, 0.3) is 0 Å². The fraction of sp³-hybridized carbons (Fsp3) is 0.733. The van der Waals surface area contributed by atoms with Gasteiger partial charge < -0.3 is 15.0 Å². The van der Waals surface area contributed by atoms with E-state index in [0.717, 1.165) is 31.5 Å². The Morgan fingerprint density at radius 3 is 3.19 bits per heavy atom. The Kier molecular flexibility index (Phi) is 4.55. The maximum atomic E-state index is 12.6. The summed E-state index contributed by atoms with van der Waals surface area (Å²) in [6.07, 6.45) is 6.00. The van der Waals surface area contributed by atoms with E-state index in [9.17, 15) is 4.79 Å². The molecule has 2 atom stereocenters. The van der Waals surface area contributed by atoms with Crippen molar-refractivity contribution in [1.29, 1.82) is 0 Å². The van der Waals surface area contributed by atoms with Gasteiger partial charge in [-0.25, -0.2) is 0 Å². The molecule has 0 saturated carbocycles. The number of nitrogens with one attached hydrogen (secondary N) is 1. The molecule has 116 valence electrons. The van der Waals surface area contributed by atoms with Gasteiger partial charge in [-0.15, -0.1) is 0 Å². The van der Waals surface area contributed by atoms with E-state index < -0.39 is 0 Å². The molecule has 2 aliphatic heterocycles. The number of nitrogens with zero attached hydrogens (tertiary/aromatic N) is 3. The van der Waals surface area contributed by atoms with Crippen molar-refractivity contribution in [2.75, 3.05) is 32.8 Å². The van der Waals surface area contributed by atoms with Gasteiger partial charge in [-0.1, -0.05) is 0 Å². The number of aromatic nitrogens is 2. The van der Waals surface area contributed by atoms with Crippen LogP contribution in [0.25, 0.3) is 0 Å². The highest BCUT2D eigenvalue weighted by Crippen LogP contribution is 2.16. The average molecular weight is 292 g/mol. The van der Waals surface area contributed by atoms with Crippen LogP contribution < -0.4 is 5.32 Å². The Labute approximate surface area is 125 Å². The molecule has 1 amide bonds. The molecule has 6 heteroatoms. The summed E-state index contributed by atoms with van der Waals surface area (Å²) in [5.41, 5.74) is 1.15. The van der Waals surface area contributed by atoms with Crippen LogP contribution in [0.4, 0.5) is 0 Å². The van der Waals surface area contributed by atoms with Crippen LogP contribution in [0.1, 0.15) is 18.4 Å². The molecule has 0 radical (unpaired) electrons. The summed E-state index contributed by atoms with van der Waals surface area (Å²) in [5, 5.41) is 7.61. The van der Waals surface area contributed by atoms with Gasteiger partial charge in [0, 0.05) is 25.8 Å². The molecule has 0 aromatic carbocycles. The Hall–Kier alpha value is -1.40. The van der Waals surface area contributed by atoms with E-state index in [1.165, 1.54) is 0 Å². The lowest BCUT2D eigenvalue weighted by molar-refractivity contribution is -0.144. The van der Waals surface area contributed by atoms with Crippen LogP contribution in [-0.4, -0.2) is 59.5 Å². The van der Waals surface area contributed by atoms with Crippen molar-refractivity contribution in [3.05, 3.63) is 18.0 Å². The fourth-order valence-electron chi connectivity index (χ4n) is 3.13. The third kappa shape index (κ3) is 3.63. The SMILES string of the molecule is Cc1cnn(CC2CN(C(=O)C3CCCNC3)CCO2)c1. The zero-order valence-corrected chi connectivity index (χ0v) is 12.6. The minimum Gasteiger partial charge on any atom is -0.373 e. The predicted molar refractivity (Wildman–Crippen MR) is 78.9 cm³/mol. The number of hydrogen-bond donors (Lipinski definition) is 1. The molecule has 0 bridgehead atoms. The lowest BCUT2D eigenvalue weighted by Crippen LogP contribution is -2.51. The summed E-state index contributed by atoms with van der Waals surface area (Å²) in [6, 6.07) is 0. The highest BCUT2D eigenvalue weighted by Gasteiger charge is 2.30. The van der Waals surface area contributed by atoms with Crippen LogP contribution >= 0.6 is 0 Å². The highest BCUT2D eigenvalue weighted by molar-refractivity contribution is 5.79. The molecular weight excluding hydrogens is 268 g/mol. The van der Waals surface area contributed by atoms with Crippen LogP contribution in [0, 0.1) is 12.8 Å². The van der Waals surface area contributed by atoms with Crippen molar-refractivity contribution >= 4 is 5.91 Å². The molecule has 6 nitrogen and oxygen atoms in total. The van der Waals surface area contributed by atoms with Crippen LogP contribution in [0.15, 0.2) is 12.4 Å². The fourth-order valence-corrected chi connectivity index (χ4v) is 3.13. The Bertz CT molecular complexity index is 482. The van der Waals surface area contributed by atoms with Gasteiger partial charge in [0.05, 0.1) is 31.4 Å². The van der Waals surface area contributed by atoms with Gasteiger partial charge in [-0.3, -0.25) is 9.48 Å². The lowest BCUT2D eigenvalue weighted by atomic mass is 9.98. The van der Waals surface area contributed by atoms with Crippen LogP contribution in [-0.2, 0) is 16.1 Å². The summed E-state index contributed by atoms with van der Waals surface area (Å²) in [4.78, 5) is 14.5. The summed E-state index contributed by atoms with van der Waals surface area (Å²) in [7, 11) is 0. The second-order valence-electron chi connectivity index (χ2n) is 6.06. The normalized spacial score (nSPS) is 26.8. The largest absolute Gasteiger partial charge is 0.373 e. The van der Waals surface area contributed by atoms with Gasteiger partial charge >= 0.3 is 0 Å². The molecule has 2 fully saturated rings. The summed E-state index contributed by atoms with van der Waals surface area (Å²) in [5.74, 6) is 0.427. The van der Waals surface area contributed by atoms with E-state index in [1.54, 1.807) is 0 Å². The van der Waals surface area contributed by atoms with Gasteiger partial charge in [-0.05, 0) is 31.9 Å². The average Bonchev–Trinajstić information content (AvgIpc) is 2.93. The maximum Gasteiger partial charge on any atom is 0.227 e. The molecule has 0 aliphatic carbocycles. The van der Waals surface area contributed by atoms with Gasteiger partial charge in [0.2, 0.25) is 5.91 Å². The number of ether oxygens (including phenoxy) is 1. The number of carbonyl (C=O) groups excluding carboxylic acids is 1. The molecule has 3 rings (SSSR count). The minimum atomic E-state index is 0.0403. The highest BCUT2D eigenvalue weighted by atomic mass is 16.5. The van der Waals surface area contributed by atoms with Crippen molar-refractivity contribution in [3.63, 3.8) is 0 Å². The zero-order valence-electron chi connectivity index (χ0n) is 12.6. The molecule has 2 unspecified atom stereocenters. The Morgan fingerprint density at radius 2 is 2.48 bits per heavy atom. The lowest BCUT2D eigenvalue weighted by Gasteiger charge is -2.36. The Balaban J connectivity index is 1.56. The second kappa shape index (κ2) is 6.58. The van der Waals surface area contributed by atoms with E-state index >= 15 is 0 Å². The number of hydrogen-bond acceptors (Lipinski definition) is 4. The Morgan fingerprint density at radius 1 is 1.57 bits per heavy atom. The quantitative estimate of drug-likeness (QED) is 0.877. The van der Waals surface area contributed by atoms with Crippen molar-refractivity contribution in [1.82, 2.24) is 20.0 Å². The van der Waals surface area contributed by atoms with Crippen LogP contribution in [0.3, 0.4) is 0 Å². The number of piperidine rings is 1. The van der Waals surface area contributed by atoms with Crippen molar-refractivity contribution < 1.29 is 9.53 Å². The van der Waals surface area contributed by atoms with Crippen molar-refractivity contribution in [3.8, 4) is 0 Å². The first-order valence-electron chi connectivity index (χ1n) is 7.82. The number of carbonyl (C=O) groups is 1. The first-order valence-corrected chi connectivity index (χ1v) is 7.82. The summed E-state index contributed by atoms with van der Waals surface area (Å²) < 4.78 is 7.69. The van der Waals surface area contributed by atoms with Gasteiger partial charge in [0.15, 0.2) is 0 Å². The molecular formula is C15H24N4O2. The first-order chi connectivity index (χ1) is 10.2. The monoisotopic (exact) mass is 292 g/mol. The van der Waals surface area contributed by atoms with E-state index in [2.05, 4.69) is 10.4 Å². The number of aryl methyl sites for hydroxylation is 1. The number of rotatable bonds is 3. The topological polar surface area (TPSA) is 59.4 Å². The van der Waals surface area contributed by atoms with E-state index in [0.29, 0.717) is 26.2 Å². The maximum absolute atomic E-state index is 12.6. The van der Waals surface area contributed by atoms with Gasteiger partial charge in [0.1, 0.15) is 0 Å². The zero-order chi connectivity index (χ0) is 14.7. The summed E-state index contributed by atoms with van der Waals surface area (Å²) in [6.45, 7) is 6.60. The molecule has 2 saturated heterocycles. The van der Waals surface area contributed by atoms with Crippen molar-refractivity contribution in [2.45, 2.75) is 32.4 Å². The van der Waals surface area contributed by atoms with Gasteiger partial charge in [-0.2, -0.15) is 5.10 Å². The smallest absolute Gasteiger partial charge is 0.227 e. The third-order valence-electron chi connectivity index (χ3n) is 4.25. The third-order valence-corrected chi connectivity index (χ3v) is 4.25. The van der Waals surface area contributed by atoms with E-state index in [1.807, 2.05) is 28.9 Å². The van der Waals surface area contributed by atoms with Crippen LogP contribution in [0.2, 0.25) is 0 Å².